The molecule has 148 valence electrons. The van der Waals surface area contributed by atoms with Gasteiger partial charge in [-0.25, -0.2) is 0 Å². The maximum absolute atomic E-state index is 12.9. The van der Waals surface area contributed by atoms with E-state index in [1.807, 2.05) is 0 Å². The number of hydrogen-bond acceptors (Lipinski definition) is 5. The molecule has 0 unspecified atom stereocenters. The highest BCUT2D eigenvalue weighted by Gasteiger charge is 2.19. The van der Waals surface area contributed by atoms with Crippen molar-refractivity contribution in [3.8, 4) is 17.2 Å². The van der Waals surface area contributed by atoms with E-state index in [1.165, 1.54) is 13.2 Å². The van der Waals surface area contributed by atoms with Gasteiger partial charge in [-0.15, -0.1) is 0 Å². The van der Waals surface area contributed by atoms with Gasteiger partial charge in [-0.3, -0.25) is 14.9 Å². The number of rotatable bonds is 6. The number of carbonyl (C=O) groups excluding carboxylic acids is 1. The number of hydrogen-bond donors (Lipinski definition) is 0. The first-order valence-electron chi connectivity index (χ1n) is 8.09. The molecule has 0 heterocycles. The summed E-state index contributed by atoms with van der Waals surface area (Å²) < 4.78 is 11.0. The summed E-state index contributed by atoms with van der Waals surface area (Å²) in [4.78, 5) is 23.2. The van der Waals surface area contributed by atoms with Crippen molar-refractivity contribution in [2.24, 2.45) is 0 Å². The first-order valence-corrected chi connectivity index (χ1v) is 9.23. The number of halogens is 3. The molecule has 0 saturated carbocycles. The molecule has 0 aliphatic heterocycles. The average Bonchev–Trinajstić information content (AvgIpc) is 2.70. The smallest absolute Gasteiger partial charge is 0.272 e. The van der Waals surface area contributed by atoms with Gasteiger partial charge in [0.05, 0.1) is 27.6 Å². The normalized spacial score (nSPS) is 10.5. The molecule has 0 spiro atoms. The van der Waals surface area contributed by atoms with E-state index in [4.69, 9.17) is 44.3 Å². The van der Waals surface area contributed by atoms with Crippen molar-refractivity contribution in [1.29, 1.82) is 0 Å². The quantitative estimate of drug-likeness (QED) is 0.239. The van der Waals surface area contributed by atoms with Gasteiger partial charge in [-0.05, 0) is 42.5 Å². The molecule has 0 saturated heterocycles. The molecule has 29 heavy (non-hydrogen) atoms. The summed E-state index contributed by atoms with van der Waals surface area (Å²) in [7, 11) is 1.44. The van der Waals surface area contributed by atoms with Crippen LogP contribution in [0.5, 0.6) is 17.2 Å². The highest BCUT2D eigenvalue weighted by Crippen LogP contribution is 2.40. The Balaban J connectivity index is 1.98. The summed E-state index contributed by atoms with van der Waals surface area (Å²) in [5.74, 6) is 0.331. The molecule has 6 nitrogen and oxygen atoms in total. The third-order valence-electron chi connectivity index (χ3n) is 3.94. The second kappa shape index (κ2) is 8.69. The lowest BCUT2D eigenvalue weighted by Crippen LogP contribution is -2.04. The Kier molecular flexibility index (Phi) is 6.27. The van der Waals surface area contributed by atoms with Gasteiger partial charge in [-0.1, -0.05) is 34.8 Å². The van der Waals surface area contributed by atoms with E-state index in [9.17, 15) is 14.9 Å². The summed E-state index contributed by atoms with van der Waals surface area (Å²) in [5, 5.41) is 11.3. The van der Waals surface area contributed by atoms with Crippen LogP contribution in [0, 0.1) is 10.1 Å². The van der Waals surface area contributed by atoms with Crippen molar-refractivity contribution >= 4 is 46.3 Å². The Labute approximate surface area is 180 Å². The number of ether oxygens (including phenoxy) is 2. The van der Waals surface area contributed by atoms with Gasteiger partial charge in [0.2, 0.25) is 0 Å². The van der Waals surface area contributed by atoms with Crippen LogP contribution in [0.4, 0.5) is 5.69 Å². The maximum atomic E-state index is 12.9. The Morgan fingerprint density at radius 3 is 2.14 bits per heavy atom. The van der Waals surface area contributed by atoms with Crippen LogP contribution in [0.3, 0.4) is 0 Å². The average molecular weight is 453 g/mol. The summed E-state index contributed by atoms with van der Waals surface area (Å²) >= 11 is 18.0. The van der Waals surface area contributed by atoms with E-state index in [0.29, 0.717) is 16.3 Å². The Morgan fingerprint density at radius 1 is 0.966 bits per heavy atom. The molecule has 0 fully saturated rings. The van der Waals surface area contributed by atoms with Crippen molar-refractivity contribution in [2.45, 2.75) is 0 Å². The largest absolute Gasteiger partial charge is 0.496 e. The van der Waals surface area contributed by atoms with E-state index < -0.39 is 4.92 Å². The fraction of sp³-hybridized carbons (Fsp3) is 0.0500. The summed E-state index contributed by atoms with van der Waals surface area (Å²) in [6.45, 7) is 0. The number of methoxy groups -OCH3 is 1. The van der Waals surface area contributed by atoms with Crippen LogP contribution in [-0.4, -0.2) is 17.8 Å². The molecule has 3 aromatic rings. The van der Waals surface area contributed by atoms with Crippen LogP contribution < -0.4 is 9.47 Å². The van der Waals surface area contributed by atoms with Crippen molar-refractivity contribution in [2.75, 3.05) is 7.11 Å². The molecule has 0 bridgehead atoms. The third-order valence-corrected chi connectivity index (χ3v) is 4.75. The van der Waals surface area contributed by atoms with Crippen LogP contribution in [-0.2, 0) is 0 Å². The van der Waals surface area contributed by atoms with Gasteiger partial charge in [0.25, 0.3) is 5.69 Å². The first kappa shape index (κ1) is 20.9. The first-order chi connectivity index (χ1) is 13.8. The molecule has 0 aliphatic carbocycles. The zero-order valence-corrected chi connectivity index (χ0v) is 17.1. The van der Waals surface area contributed by atoms with Gasteiger partial charge >= 0.3 is 0 Å². The van der Waals surface area contributed by atoms with E-state index in [0.717, 1.165) is 12.1 Å². The Morgan fingerprint density at radius 2 is 1.59 bits per heavy atom. The number of nitro benzene ring substituents is 1. The number of benzene rings is 3. The van der Waals surface area contributed by atoms with Crippen LogP contribution in [0.15, 0.2) is 54.6 Å². The number of ketones is 1. The standard InChI is InChI=1S/C20H12Cl3NO5/c1-28-18-7-6-14(10-15(18)19(25)11-2-4-12(21)5-3-11)29-20-16(22)8-13(24(26)27)9-17(20)23/h2-10H,1H3. The minimum atomic E-state index is -0.613. The van der Waals surface area contributed by atoms with Crippen LogP contribution in [0.25, 0.3) is 0 Å². The highest BCUT2D eigenvalue weighted by molar-refractivity contribution is 6.37. The lowest BCUT2D eigenvalue weighted by atomic mass is 10.0. The Bertz CT molecular complexity index is 1080. The Hall–Kier alpha value is -2.80. The molecule has 9 heteroatoms. The molecule has 0 radical (unpaired) electrons. The zero-order chi connectivity index (χ0) is 21.1. The maximum Gasteiger partial charge on any atom is 0.272 e. The lowest BCUT2D eigenvalue weighted by Gasteiger charge is -2.13. The van der Waals surface area contributed by atoms with Gasteiger partial charge in [0.15, 0.2) is 11.5 Å². The van der Waals surface area contributed by atoms with Gasteiger partial charge in [0, 0.05) is 22.7 Å². The number of nitro groups is 1. The van der Waals surface area contributed by atoms with E-state index in [1.54, 1.807) is 36.4 Å². The molecule has 0 aliphatic rings. The van der Waals surface area contributed by atoms with E-state index in [-0.39, 0.29) is 38.6 Å². The summed E-state index contributed by atoms with van der Waals surface area (Å²) in [6, 6.07) is 13.3. The number of non-ortho nitro benzene ring substituents is 1. The predicted molar refractivity (Wildman–Crippen MR) is 111 cm³/mol. The molecular weight excluding hydrogens is 441 g/mol. The fourth-order valence-corrected chi connectivity index (χ4v) is 3.23. The third kappa shape index (κ3) is 4.62. The molecular formula is C20H12Cl3NO5. The fourth-order valence-electron chi connectivity index (χ4n) is 2.55. The molecule has 0 N–H and O–H groups in total. The monoisotopic (exact) mass is 451 g/mol. The molecule has 0 atom stereocenters. The molecule has 3 aromatic carbocycles. The van der Waals surface area contributed by atoms with Gasteiger partial charge in [-0.2, -0.15) is 0 Å². The van der Waals surface area contributed by atoms with Crippen LogP contribution in [0.1, 0.15) is 15.9 Å². The minimum Gasteiger partial charge on any atom is -0.496 e. The summed E-state index contributed by atoms with van der Waals surface area (Å²) in [5.41, 5.74) is 0.401. The van der Waals surface area contributed by atoms with Crippen molar-refractivity contribution in [1.82, 2.24) is 0 Å². The predicted octanol–water partition coefficient (Wildman–Crippen LogP) is 6.59. The van der Waals surface area contributed by atoms with Crippen molar-refractivity contribution in [3.05, 3.63) is 90.9 Å². The van der Waals surface area contributed by atoms with E-state index >= 15 is 0 Å². The SMILES string of the molecule is COc1ccc(Oc2c(Cl)cc([N+](=O)[O-])cc2Cl)cc1C(=O)c1ccc(Cl)cc1. The van der Waals surface area contributed by atoms with Gasteiger partial charge < -0.3 is 9.47 Å². The zero-order valence-electron chi connectivity index (χ0n) is 14.8. The number of carbonyl (C=O) groups is 1. The van der Waals surface area contributed by atoms with Crippen molar-refractivity contribution in [3.63, 3.8) is 0 Å². The molecule has 0 aromatic heterocycles. The van der Waals surface area contributed by atoms with Crippen molar-refractivity contribution < 1.29 is 19.2 Å². The van der Waals surface area contributed by atoms with Crippen LogP contribution >= 0.6 is 34.8 Å². The molecule has 3 rings (SSSR count). The second-order valence-corrected chi connectivity index (χ2v) is 7.05. The highest BCUT2D eigenvalue weighted by atomic mass is 35.5. The minimum absolute atomic E-state index is 0.0361. The van der Waals surface area contributed by atoms with Gasteiger partial charge in [0.1, 0.15) is 11.5 Å². The van der Waals surface area contributed by atoms with E-state index in [2.05, 4.69) is 0 Å². The summed E-state index contributed by atoms with van der Waals surface area (Å²) in [6.07, 6.45) is 0. The molecule has 0 amide bonds. The van der Waals surface area contributed by atoms with Crippen LogP contribution in [0.2, 0.25) is 15.1 Å². The topological polar surface area (TPSA) is 78.7 Å². The lowest BCUT2D eigenvalue weighted by molar-refractivity contribution is -0.384. The number of nitrogens with zero attached hydrogens (tertiary/aromatic N) is 1. The second-order valence-electron chi connectivity index (χ2n) is 5.80.